The summed E-state index contributed by atoms with van der Waals surface area (Å²) in [5.74, 6) is 0. The van der Waals surface area contributed by atoms with E-state index in [0.717, 1.165) is 10.6 Å². The topological polar surface area (TPSA) is 85.1 Å². The number of sulfonamides is 1. The van der Waals surface area contributed by atoms with Crippen LogP contribution in [0, 0.1) is 6.92 Å². The second-order valence-electron chi connectivity index (χ2n) is 4.47. The minimum Gasteiger partial charge on any atom is -0.398 e. The Morgan fingerprint density at radius 2 is 2.20 bits per heavy atom. The molecule has 7 heteroatoms. The SMILES string of the molecule is CCC(NS(=O)(=O)c1ccc(C)c(N)c1)c1nccs1. The van der Waals surface area contributed by atoms with E-state index >= 15 is 0 Å². The monoisotopic (exact) mass is 311 g/mol. The molecule has 2 aromatic rings. The van der Waals surface area contributed by atoms with Gasteiger partial charge in [0.15, 0.2) is 0 Å². The Bertz CT molecular complexity index is 682. The van der Waals surface area contributed by atoms with E-state index in [2.05, 4.69) is 9.71 Å². The first-order valence-corrected chi connectivity index (χ1v) is 8.58. The molecular formula is C13H17N3O2S2. The third-order valence-corrected chi connectivity index (χ3v) is 5.37. The average Bonchev–Trinajstić information content (AvgIpc) is 2.93. The Balaban J connectivity index is 2.28. The summed E-state index contributed by atoms with van der Waals surface area (Å²) in [5.41, 5.74) is 7.10. The van der Waals surface area contributed by atoms with Crippen molar-refractivity contribution in [2.75, 3.05) is 5.73 Å². The van der Waals surface area contributed by atoms with Crippen LogP contribution < -0.4 is 10.5 Å². The first-order chi connectivity index (χ1) is 9.44. The van der Waals surface area contributed by atoms with Crippen molar-refractivity contribution in [1.29, 1.82) is 0 Å². The maximum atomic E-state index is 12.4. The highest BCUT2D eigenvalue weighted by molar-refractivity contribution is 7.89. The number of rotatable bonds is 5. The van der Waals surface area contributed by atoms with Gasteiger partial charge in [0.1, 0.15) is 5.01 Å². The average molecular weight is 311 g/mol. The summed E-state index contributed by atoms with van der Waals surface area (Å²) in [6.07, 6.45) is 2.30. The van der Waals surface area contributed by atoms with E-state index in [4.69, 9.17) is 5.73 Å². The number of benzene rings is 1. The molecule has 0 aliphatic heterocycles. The lowest BCUT2D eigenvalue weighted by Crippen LogP contribution is -2.28. The molecule has 108 valence electrons. The van der Waals surface area contributed by atoms with E-state index < -0.39 is 10.0 Å². The van der Waals surface area contributed by atoms with Crippen LogP contribution in [0.1, 0.15) is 30.0 Å². The molecule has 0 aliphatic rings. The molecule has 1 aromatic carbocycles. The van der Waals surface area contributed by atoms with Gasteiger partial charge in [-0.2, -0.15) is 0 Å². The maximum absolute atomic E-state index is 12.4. The molecule has 1 aromatic heterocycles. The Hall–Kier alpha value is -1.44. The molecule has 0 aliphatic carbocycles. The number of nitrogens with two attached hydrogens (primary N) is 1. The smallest absolute Gasteiger partial charge is 0.241 e. The van der Waals surface area contributed by atoms with Crippen LogP contribution in [0.4, 0.5) is 5.69 Å². The van der Waals surface area contributed by atoms with Crippen molar-refractivity contribution in [3.63, 3.8) is 0 Å². The zero-order valence-corrected chi connectivity index (χ0v) is 13.0. The fourth-order valence-corrected chi connectivity index (χ4v) is 3.92. The lowest BCUT2D eigenvalue weighted by Gasteiger charge is -2.15. The number of aromatic nitrogens is 1. The Morgan fingerprint density at radius 1 is 1.45 bits per heavy atom. The van der Waals surface area contributed by atoms with Crippen molar-refractivity contribution >= 4 is 27.0 Å². The third kappa shape index (κ3) is 3.17. The molecule has 0 radical (unpaired) electrons. The van der Waals surface area contributed by atoms with Crippen molar-refractivity contribution in [1.82, 2.24) is 9.71 Å². The summed E-state index contributed by atoms with van der Waals surface area (Å²) < 4.78 is 27.4. The van der Waals surface area contributed by atoms with Crippen LogP contribution in [-0.4, -0.2) is 13.4 Å². The minimum atomic E-state index is -3.60. The largest absolute Gasteiger partial charge is 0.398 e. The van der Waals surface area contributed by atoms with E-state index in [0.29, 0.717) is 12.1 Å². The molecule has 20 heavy (non-hydrogen) atoms. The van der Waals surface area contributed by atoms with E-state index in [1.54, 1.807) is 18.3 Å². The molecule has 0 bridgehead atoms. The van der Waals surface area contributed by atoms with Crippen molar-refractivity contribution in [2.45, 2.75) is 31.2 Å². The van der Waals surface area contributed by atoms with E-state index in [1.165, 1.54) is 17.4 Å². The molecule has 1 atom stereocenters. The Labute approximate surface area is 122 Å². The van der Waals surface area contributed by atoms with Crippen LogP contribution in [0.25, 0.3) is 0 Å². The summed E-state index contributed by atoms with van der Waals surface area (Å²) in [6.45, 7) is 3.75. The first kappa shape index (κ1) is 15.0. The first-order valence-electron chi connectivity index (χ1n) is 6.22. The van der Waals surface area contributed by atoms with Gasteiger partial charge in [-0.1, -0.05) is 13.0 Å². The van der Waals surface area contributed by atoms with Gasteiger partial charge >= 0.3 is 0 Å². The van der Waals surface area contributed by atoms with Gasteiger partial charge in [0, 0.05) is 17.3 Å². The predicted molar refractivity (Wildman–Crippen MR) is 81.1 cm³/mol. The van der Waals surface area contributed by atoms with Crippen LogP contribution >= 0.6 is 11.3 Å². The Kier molecular flexibility index (Phi) is 4.42. The van der Waals surface area contributed by atoms with Gasteiger partial charge in [0.2, 0.25) is 10.0 Å². The highest BCUT2D eigenvalue weighted by atomic mass is 32.2. The molecule has 5 nitrogen and oxygen atoms in total. The van der Waals surface area contributed by atoms with E-state index in [9.17, 15) is 8.42 Å². The second kappa shape index (κ2) is 5.90. The number of thiazole rings is 1. The van der Waals surface area contributed by atoms with Crippen molar-refractivity contribution in [2.24, 2.45) is 0 Å². The Morgan fingerprint density at radius 3 is 2.75 bits per heavy atom. The normalized spacial score (nSPS) is 13.3. The van der Waals surface area contributed by atoms with Gasteiger partial charge in [-0.15, -0.1) is 11.3 Å². The van der Waals surface area contributed by atoms with Gasteiger partial charge in [0.25, 0.3) is 0 Å². The summed E-state index contributed by atoms with van der Waals surface area (Å²) in [4.78, 5) is 4.34. The summed E-state index contributed by atoms with van der Waals surface area (Å²) in [5, 5.41) is 2.59. The number of nitrogen functional groups attached to an aromatic ring is 1. The van der Waals surface area contributed by atoms with Gasteiger partial charge in [0.05, 0.1) is 10.9 Å². The summed E-state index contributed by atoms with van der Waals surface area (Å²) in [6, 6.07) is 4.42. The molecular weight excluding hydrogens is 294 g/mol. The molecule has 2 rings (SSSR count). The predicted octanol–water partition coefficient (Wildman–Crippen LogP) is 2.46. The number of aryl methyl sites for hydroxylation is 1. The van der Waals surface area contributed by atoms with Crippen molar-refractivity contribution < 1.29 is 8.42 Å². The minimum absolute atomic E-state index is 0.176. The second-order valence-corrected chi connectivity index (χ2v) is 7.11. The van der Waals surface area contributed by atoms with Gasteiger partial charge in [-0.25, -0.2) is 18.1 Å². The van der Waals surface area contributed by atoms with E-state index in [1.807, 2.05) is 19.2 Å². The van der Waals surface area contributed by atoms with Crippen LogP contribution in [0.2, 0.25) is 0 Å². The van der Waals surface area contributed by atoms with Crippen LogP contribution in [0.5, 0.6) is 0 Å². The van der Waals surface area contributed by atoms with Gasteiger partial charge in [-0.3, -0.25) is 0 Å². The van der Waals surface area contributed by atoms with Crippen molar-refractivity contribution in [3.8, 4) is 0 Å². The van der Waals surface area contributed by atoms with Gasteiger partial charge in [-0.05, 0) is 31.0 Å². The fraction of sp³-hybridized carbons (Fsp3) is 0.308. The summed E-state index contributed by atoms with van der Waals surface area (Å²) >= 11 is 1.43. The van der Waals surface area contributed by atoms with Crippen LogP contribution in [0.3, 0.4) is 0 Å². The molecule has 0 spiro atoms. The number of nitrogens with zero attached hydrogens (tertiary/aromatic N) is 1. The lowest BCUT2D eigenvalue weighted by molar-refractivity contribution is 0.549. The zero-order chi connectivity index (χ0) is 14.8. The lowest BCUT2D eigenvalue weighted by atomic mass is 10.2. The van der Waals surface area contributed by atoms with Gasteiger partial charge < -0.3 is 5.73 Å². The number of anilines is 1. The highest BCUT2D eigenvalue weighted by Crippen LogP contribution is 2.23. The third-order valence-electron chi connectivity index (χ3n) is 3.02. The quantitative estimate of drug-likeness (QED) is 0.831. The fourth-order valence-electron chi connectivity index (χ4n) is 1.76. The molecule has 3 N–H and O–H groups in total. The molecule has 0 fully saturated rings. The molecule has 1 unspecified atom stereocenters. The number of nitrogens with one attached hydrogen (secondary N) is 1. The van der Waals surface area contributed by atoms with Crippen LogP contribution in [0.15, 0.2) is 34.7 Å². The molecule has 0 amide bonds. The number of hydrogen-bond acceptors (Lipinski definition) is 5. The zero-order valence-electron chi connectivity index (χ0n) is 11.3. The number of hydrogen-bond donors (Lipinski definition) is 2. The maximum Gasteiger partial charge on any atom is 0.241 e. The van der Waals surface area contributed by atoms with Crippen molar-refractivity contribution in [3.05, 3.63) is 40.3 Å². The molecule has 0 saturated carbocycles. The molecule has 1 heterocycles. The highest BCUT2D eigenvalue weighted by Gasteiger charge is 2.22. The summed E-state index contributed by atoms with van der Waals surface area (Å²) in [7, 11) is -3.60. The standard InChI is InChI=1S/C13H17N3O2S2/c1-3-12(13-15-6-7-19-13)16-20(17,18)10-5-4-9(2)11(14)8-10/h4-8,12,16H,3,14H2,1-2H3. The molecule has 0 saturated heterocycles. The van der Waals surface area contributed by atoms with Crippen LogP contribution in [-0.2, 0) is 10.0 Å². The van der Waals surface area contributed by atoms with E-state index in [-0.39, 0.29) is 10.9 Å².